The molecule has 1 amide bonds. The smallest absolute Gasteiger partial charge is 0.271 e. The van der Waals surface area contributed by atoms with Gasteiger partial charge in [0.25, 0.3) is 5.91 Å². The molecule has 0 spiro atoms. The van der Waals surface area contributed by atoms with Crippen molar-refractivity contribution < 1.29 is 4.79 Å². The Morgan fingerprint density at radius 3 is 1.78 bits per heavy atom. The fraction of sp³-hybridized carbons (Fsp3) is 0.0556. The summed E-state index contributed by atoms with van der Waals surface area (Å²) in [5.41, 5.74) is 12.7. The molecule has 1 N–H and O–H groups in total. The number of aryl methyl sites for hydroxylation is 2. The molecule has 2 aromatic heterocycles. The third-order valence-electron chi connectivity index (χ3n) is 7.19. The quantitative estimate of drug-likeness (QED) is 0.164. The number of hydrazone groups is 1. The van der Waals surface area contributed by atoms with Crippen LogP contribution in [0.15, 0.2) is 139 Å². The van der Waals surface area contributed by atoms with Crippen molar-refractivity contribution in [1.29, 1.82) is 0 Å². The summed E-state index contributed by atoms with van der Waals surface area (Å²) in [7, 11) is 0. The first-order valence-electron chi connectivity index (χ1n) is 13.6. The molecule has 200 valence electrons. The largest absolute Gasteiger partial charge is 0.319 e. The zero-order valence-electron chi connectivity index (χ0n) is 23.0. The first-order valence-corrected chi connectivity index (χ1v) is 13.6. The zero-order chi connectivity index (χ0) is 28.2. The molecular weight excluding hydrogens is 504 g/mol. The first-order chi connectivity index (χ1) is 20.1. The second-order valence-corrected chi connectivity index (χ2v) is 9.93. The number of carbonyl (C=O) groups is 1. The molecule has 2 heterocycles. The van der Waals surface area contributed by atoms with E-state index >= 15 is 0 Å². The molecule has 0 saturated carbocycles. The number of para-hydroxylation sites is 1. The highest BCUT2D eigenvalue weighted by molar-refractivity contribution is 5.97. The molecule has 0 fully saturated rings. The third kappa shape index (κ3) is 5.25. The topological polar surface area (TPSA) is 51.3 Å². The number of carbonyl (C=O) groups excluding carboxylic acids is 1. The van der Waals surface area contributed by atoms with Crippen LogP contribution < -0.4 is 5.43 Å². The molecule has 41 heavy (non-hydrogen) atoms. The molecule has 5 nitrogen and oxygen atoms in total. The van der Waals surface area contributed by atoms with Gasteiger partial charge >= 0.3 is 0 Å². The average molecular weight is 535 g/mol. The van der Waals surface area contributed by atoms with Crippen LogP contribution in [0.5, 0.6) is 0 Å². The van der Waals surface area contributed by atoms with Gasteiger partial charge in [-0.2, -0.15) is 5.10 Å². The lowest BCUT2D eigenvalue weighted by Gasteiger charge is -2.15. The van der Waals surface area contributed by atoms with Crippen LogP contribution in [-0.4, -0.2) is 21.3 Å². The van der Waals surface area contributed by atoms with E-state index in [1.807, 2.05) is 78.9 Å². The van der Waals surface area contributed by atoms with Crippen molar-refractivity contribution in [3.63, 3.8) is 0 Å². The Balaban J connectivity index is 1.35. The maximum Gasteiger partial charge on any atom is 0.271 e. The van der Waals surface area contributed by atoms with Crippen LogP contribution in [-0.2, 0) is 0 Å². The minimum absolute atomic E-state index is 0.263. The number of hydrogen-bond donors (Lipinski definition) is 1. The van der Waals surface area contributed by atoms with Crippen LogP contribution in [0.1, 0.15) is 27.3 Å². The third-order valence-corrected chi connectivity index (χ3v) is 7.19. The van der Waals surface area contributed by atoms with E-state index in [4.69, 9.17) is 0 Å². The van der Waals surface area contributed by atoms with E-state index in [1.54, 1.807) is 6.21 Å². The minimum Gasteiger partial charge on any atom is -0.319 e. The van der Waals surface area contributed by atoms with E-state index in [0.717, 1.165) is 50.8 Å². The highest BCUT2D eigenvalue weighted by Crippen LogP contribution is 2.35. The Kier molecular flexibility index (Phi) is 7.16. The Morgan fingerprint density at radius 1 is 0.634 bits per heavy atom. The van der Waals surface area contributed by atoms with Crippen LogP contribution in [0.4, 0.5) is 0 Å². The van der Waals surface area contributed by atoms with Crippen LogP contribution in [0.2, 0.25) is 0 Å². The van der Waals surface area contributed by atoms with Gasteiger partial charge in [0.2, 0.25) is 0 Å². The molecule has 6 rings (SSSR count). The van der Waals surface area contributed by atoms with Gasteiger partial charge in [0, 0.05) is 33.9 Å². The normalized spacial score (nSPS) is 11.2. The van der Waals surface area contributed by atoms with Crippen molar-refractivity contribution in [2.45, 2.75) is 13.8 Å². The van der Waals surface area contributed by atoms with Crippen LogP contribution in [0.25, 0.3) is 33.9 Å². The lowest BCUT2D eigenvalue weighted by atomic mass is 10.1. The molecule has 5 heteroatoms. The van der Waals surface area contributed by atoms with Gasteiger partial charge in [-0.1, -0.05) is 78.9 Å². The number of benzene rings is 4. The predicted octanol–water partition coefficient (Wildman–Crippen LogP) is 7.98. The zero-order valence-corrected chi connectivity index (χ0v) is 23.0. The number of nitrogens with one attached hydrogen (secondary N) is 1. The monoisotopic (exact) mass is 534 g/mol. The Hall–Kier alpha value is -5.42. The summed E-state index contributed by atoms with van der Waals surface area (Å²) in [6.45, 7) is 4.14. The van der Waals surface area contributed by atoms with E-state index in [1.165, 1.54) is 0 Å². The van der Waals surface area contributed by atoms with Crippen LogP contribution >= 0.6 is 0 Å². The van der Waals surface area contributed by atoms with E-state index in [2.05, 4.69) is 88.1 Å². The number of aromatic nitrogens is 2. The van der Waals surface area contributed by atoms with Gasteiger partial charge in [0.15, 0.2) is 0 Å². The van der Waals surface area contributed by atoms with E-state index in [0.29, 0.717) is 5.56 Å². The molecule has 0 radical (unpaired) electrons. The van der Waals surface area contributed by atoms with Gasteiger partial charge in [-0.3, -0.25) is 4.79 Å². The molecule has 4 aromatic carbocycles. The first kappa shape index (κ1) is 25.8. The second kappa shape index (κ2) is 11.4. The van der Waals surface area contributed by atoms with Crippen molar-refractivity contribution in [3.8, 4) is 33.9 Å². The number of hydrogen-bond acceptors (Lipinski definition) is 2. The minimum atomic E-state index is -0.263. The summed E-state index contributed by atoms with van der Waals surface area (Å²) in [6.07, 6.45) is 1.73. The van der Waals surface area contributed by atoms with Crippen molar-refractivity contribution in [2.75, 3.05) is 0 Å². The molecule has 0 atom stereocenters. The van der Waals surface area contributed by atoms with Gasteiger partial charge in [0.1, 0.15) is 0 Å². The van der Waals surface area contributed by atoms with E-state index < -0.39 is 0 Å². The standard InChI is InChI=1S/C36H30N4O/c1-26-18-19-27(2)39(26)33-22-20-30(21-23-33)36(41)38-37-25-31-24-34(28-12-6-3-7-13-28)40(32-16-10-5-11-17-32)35(31)29-14-8-4-9-15-29/h3-25H,1-2H3,(H,38,41)/b37-25-. The highest BCUT2D eigenvalue weighted by atomic mass is 16.2. The van der Waals surface area contributed by atoms with E-state index in [9.17, 15) is 4.79 Å². The van der Waals surface area contributed by atoms with Crippen LogP contribution in [0.3, 0.4) is 0 Å². The highest BCUT2D eigenvalue weighted by Gasteiger charge is 2.18. The number of amides is 1. The second-order valence-electron chi connectivity index (χ2n) is 9.93. The Bertz CT molecular complexity index is 1790. The Morgan fingerprint density at radius 2 is 1.17 bits per heavy atom. The SMILES string of the molecule is Cc1ccc(C)n1-c1ccc(C(=O)N/N=C\c2cc(-c3ccccc3)n(-c3ccccc3)c2-c2ccccc2)cc1. The summed E-state index contributed by atoms with van der Waals surface area (Å²) in [4.78, 5) is 13.0. The predicted molar refractivity (Wildman–Crippen MR) is 167 cm³/mol. The lowest BCUT2D eigenvalue weighted by Crippen LogP contribution is -2.17. The summed E-state index contributed by atoms with van der Waals surface area (Å²) in [5, 5.41) is 4.40. The Labute approximate surface area is 240 Å². The molecule has 0 aliphatic rings. The molecule has 0 aliphatic carbocycles. The van der Waals surface area contributed by atoms with Gasteiger partial charge in [-0.05, 0) is 79.6 Å². The van der Waals surface area contributed by atoms with E-state index in [-0.39, 0.29) is 5.91 Å². The van der Waals surface area contributed by atoms with Crippen molar-refractivity contribution >= 4 is 12.1 Å². The summed E-state index contributed by atoms with van der Waals surface area (Å²) in [6, 6.07) is 44.7. The summed E-state index contributed by atoms with van der Waals surface area (Å²) >= 11 is 0. The summed E-state index contributed by atoms with van der Waals surface area (Å²) < 4.78 is 4.41. The van der Waals surface area contributed by atoms with Gasteiger partial charge in [0.05, 0.1) is 17.6 Å². The van der Waals surface area contributed by atoms with Crippen molar-refractivity contribution in [1.82, 2.24) is 14.6 Å². The molecule has 0 bridgehead atoms. The summed E-state index contributed by atoms with van der Waals surface area (Å²) in [5.74, 6) is -0.263. The number of rotatable bonds is 7. The van der Waals surface area contributed by atoms with Gasteiger partial charge in [-0.25, -0.2) is 5.43 Å². The maximum absolute atomic E-state index is 13.0. The molecule has 0 aliphatic heterocycles. The van der Waals surface area contributed by atoms with Crippen molar-refractivity contribution in [3.05, 3.63) is 156 Å². The van der Waals surface area contributed by atoms with Gasteiger partial charge < -0.3 is 9.13 Å². The molecular formula is C36H30N4O. The van der Waals surface area contributed by atoms with Crippen molar-refractivity contribution in [2.24, 2.45) is 5.10 Å². The maximum atomic E-state index is 13.0. The molecule has 0 unspecified atom stereocenters. The van der Waals surface area contributed by atoms with Crippen LogP contribution in [0, 0.1) is 13.8 Å². The molecule has 6 aromatic rings. The lowest BCUT2D eigenvalue weighted by molar-refractivity contribution is 0.0955. The molecule has 0 saturated heterocycles. The average Bonchev–Trinajstić information content (AvgIpc) is 3.57. The fourth-order valence-electron chi connectivity index (χ4n) is 5.25. The van der Waals surface area contributed by atoms with Gasteiger partial charge in [-0.15, -0.1) is 0 Å². The fourth-order valence-corrected chi connectivity index (χ4v) is 5.25. The number of nitrogens with zero attached hydrogens (tertiary/aromatic N) is 3.